The quantitative estimate of drug-likeness (QED) is 0.0232. The number of rotatable bonds is 53. The molecule has 0 aromatic rings. The molecule has 10 nitrogen and oxygen atoms in total. The third kappa shape index (κ3) is 53.1. The van der Waals surface area contributed by atoms with Gasteiger partial charge in [-0.25, -0.2) is 4.57 Å². The van der Waals surface area contributed by atoms with Crippen molar-refractivity contribution in [3.05, 3.63) is 72.9 Å². The highest BCUT2D eigenvalue weighted by Gasteiger charge is 2.27. The third-order valence-corrected chi connectivity index (χ3v) is 12.9. The lowest BCUT2D eigenvalue weighted by Crippen LogP contribution is -2.34. The van der Waals surface area contributed by atoms with E-state index in [2.05, 4.69) is 86.8 Å². The van der Waals surface area contributed by atoms with Gasteiger partial charge in [0.15, 0.2) is 0 Å². The van der Waals surface area contributed by atoms with Gasteiger partial charge in [-0.05, 0) is 83.5 Å². The maximum atomic E-state index is 12.7. The molecule has 0 rings (SSSR count). The van der Waals surface area contributed by atoms with Gasteiger partial charge in [0.05, 0.1) is 19.8 Å². The molecular weight excluding hydrogens is 886 g/mol. The van der Waals surface area contributed by atoms with Crippen LogP contribution in [0.1, 0.15) is 245 Å². The molecule has 0 aliphatic carbocycles. The smallest absolute Gasteiger partial charge is 0.472 e. The zero-order chi connectivity index (χ0) is 50.4. The standard InChI is InChI=1S/C58H104NO9P/c1-3-5-7-9-11-13-15-17-19-21-23-25-27-29-31-33-35-37-39-41-43-45-47-49-51-65-52-55(53-66-69(63,64)67-54-56(59)58(61)62)68-57(60)50-48-46-44-42-40-38-36-34-32-30-28-26-24-22-20-18-16-14-12-10-8-6-4-2/h6,8,12,14,18,20-21,23-24,26,30,32,55-56H,3-5,7,9-11,13,15-17,19,22,25,27-29,31,33-54,59H2,1-2H3,(H,61,62)(H,63,64)/b8-6-,14-12-,20-18-,23-21-,26-24-,32-30-. The molecule has 3 atom stereocenters. The number of carbonyl (C=O) groups excluding carboxylic acids is 1. The van der Waals surface area contributed by atoms with Gasteiger partial charge in [0.25, 0.3) is 0 Å². The molecule has 0 aliphatic heterocycles. The van der Waals surface area contributed by atoms with Gasteiger partial charge in [-0.1, -0.05) is 228 Å². The van der Waals surface area contributed by atoms with Crippen LogP contribution in [0.2, 0.25) is 0 Å². The van der Waals surface area contributed by atoms with Crippen molar-refractivity contribution in [2.24, 2.45) is 5.73 Å². The first-order valence-electron chi connectivity index (χ1n) is 28.0. The largest absolute Gasteiger partial charge is 0.480 e. The van der Waals surface area contributed by atoms with Gasteiger partial charge in [0, 0.05) is 13.0 Å². The number of nitrogens with two attached hydrogens (primary N) is 1. The molecule has 4 N–H and O–H groups in total. The van der Waals surface area contributed by atoms with Crippen LogP contribution >= 0.6 is 7.82 Å². The number of aliphatic carboxylic acids is 1. The van der Waals surface area contributed by atoms with Gasteiger partial charge in [-0.2, -0.15) is 0 Å². The molecule has 0 aromatic carbocycles. The second-order valence-electron chi connectivity index (χ2n) is 18.7. The predicted molar refractivity (Wildman–Crippen MR) is 290 cm³/mol. The molecule has 11 heteroatoms. The summed E-state index contributed by atoms with van der Waals surface area (Å²) < 4.78 is 33.6. The first kappa shape index (κ1) is 66.4. The number of esters is 1. The first-order chi connectivity index (χ1) is 33.7. The van der Waals surface area contributed by atoms with Gasteiger partial charge in [-0.15, -0.1) is 0 Å². The van der Waals surface area contributed by atoms with Crippen molar-refractivity contribution < 1.29 is 42.7 Å². The molecule has 0 aromatic heterocycles. The van der Waals surface area contributed by atoms with E-state index in [0.29, 0.717) is 13.0 Å². The van der Waals surface area contributed by atoms with Crippen LogP contribution in [0.5, 0.6) is 0 Å². The molecule has 0 saturated carbocycles. The molecule has 69 heavy (non-hydrogen) atoms. The molecule has 0 saturated heterocycles. The number of carboxylic acid groups (broad SMARTS) is 1. The fourth-order valence-corrected chi connectivity index (χ4v) is 8.46. The lowest BCUT2D eigenvalue weighted by Gasteiger charge is -2.20. The van der Waals surface area contributed by atoms with E-state index in [9.17, 15) is 19.0 Å². The van der Waals surface area contributed by atoms with Crippen LogP contribution in [0, 0.1) is 0 Å². The summed E-state index contributed by atoms with van der Waals surface area (Å²) in [5.41, 5.74) is 5.39. The molecular formula is C58H104NO9P. The Morgan fingerprint density at radius 1 is 0.478 bits per heavy atom. The van der Waals surface area contributed by atoms with Gasteiger partial charge in [0.1, 0.15) is 12.1 Å². The predicted octanol–water partition coefficient (Wildman–Crippen LogP) is 16.9. The monoisotopic (exact) mass is 990 g/mol. The van der Waals surface area contributed by atoms with E-state index >= 15 is 0 Å². The topological polar surface area (TPSA) is 155 Å². The molecule has 0 heterocycles. The highest BCUT2D eigenvalue weighted by molar-refractivity contribution is 7.47. The Bertz CT molecular complexity index is 1380. The summed E-state index contributed by atoms with van der Waals surface area (Å²) in [5, 5.41) is 8.95. The number of unbranched alkanes of at least 4 members (excludes halogenated alkanes) is 27. The molecule has 0 aliphatic rings. The Hall–Kier alpha value is -2.59. The van der Waals surface area contributed by atoms with E-state index < -0.39 is 45.1 Å². The SMILES string of the molecule is CC/C=C\C/C=C\C/C=C\C/C=C\C/C=C\CCCCCCCCCC(=O)OC(COCCCCCCCCCCCCCC/C=C\CCCCCCCCCC)COP(=O)(O)OCC(N)C(=O)O. The van der Waals surface area contributed by atoms with Crippen LogP contribution in [0.25, 0.3) is 0 Å². The maximum Gasteiger partial charge on any atom is 0.472 e. The number of carboxylic acids is 1. The zero-order valence-electron chi connectivity index (χ0n) is 44.1. The summed E-state index contributed by atoms with van der Waals surface area (Å²) in [7, 11) is -4.63. The molecule has 0 radical (unpaired) electrons. The van der Waals surface area contributed by atoms with Gasteiger partial charge < -0.3 is 25.2 Å². The Morgan fingerprint density at radius 3 is 1.28 bits per heavy atom. The van der Waals surface area contributed by atoms with Crippen molar-refractivity contribution >= 4 is 19.8 Å². The van der Waals surface area contributed by atoms with E-state index in [0.717, 1.165) is 77.0 Å². The van der Waals surface area contributed by atoms with Crippen LogP contribution < -0.4 is 5.73 Å². The summed E-state index contributed by atoms with van der Waals surface area (Å²) in [4.78, 5) is 33.8. The highest BCUT2D eigenvalue weighted by atomic mass is 31.2. The number of phosphoric ester groups is 1. The number of phosphoric acid groups is 1. The third-order valence-electron chi connectivity index (χ3n) is 12.0. The van der Waals surface area contributed by atoms with Crippen LogP contribution in [0.3, 0.4) is 0 Å². The van der Waals surface area contributed by atoms with Crippen LogP contribution in [0.4, 0.5) is 0 Å². The summed E-state index contributed by atoms with van der Waals surface area (Å²) in [5.74, 6) is -1.79. The molecule has 3 unspecified atom stereocenters. The Kier molecular flexibility index (Phi) is 51.2. The molecule has 0 fully saturated rings. The van der Waals surface area contributed by atoms with E-state index in [1.807, 2.05) is 0 Å². The van der Waals surface area contributed by atoms with Gasteiger partial charge in [-0.3, -0.25) is 18.6 Å². The minimum Gasteiger partial charge on any atom is -0.480 e. The van der Waals surface area contributed by atoms with Crippen molar-refractivity contribution in [2.75, 3.05) is 26.4 Å². The second-order valence-corrected chi connectivity index (χ2v) is 20.1. The first-order valence-corrected chi connectivity index (χ1v) is 29.5. The number of ether oxygens (including phenoxy) is 2. The average molecular weight is 990 g/mol. The minimum atomic E-state index is -4.63. The summed E-state index contributed by atoms with van der Waals surface area (Å²) in [6.07, 6.45) is 68.2. The van der Waals surface area contributed by atoms with Crippen molar-refractivity contribution in [3.63, 3.8) is 0 Å². The van der Waals surface area contributed by atoms with Crippen LogP contribution in [-0.2, 0) is 32.7 Å². The van der Waals surface area contributed by atoms with E-state index in [1.165, 1.54) is 141 Å². The fourth-order valence-electron chi connectivity index (χ4n) is 7.69. The maximum absolute atomic E-state index is 12.7. The van der Waals surface area contributed by atoms with Crippen LogP contribution in [-0.4, -0.2) is 60.5 Å². The Morgan fingerprint density at radius 2 is 0.841 bits per heavy atom. The van der Waals surface area contributed by atoms with E-state index in [4.69, 9.17) is 29.4 Å². The normalized spacial score (nSPS) is 14.1. The fraction of sp³-hybridized carbons (Fsp3) is 0.759. The van der Waals surface area contributed by atoms with Crippen molar-refractivity contribution in [2.45, 2.75) is 257 Å². The van der Waals surface area contributed by atoms with Crippen molar-refractivity contribution in [1.29, 1.82) is 0 Å². The number of allylic oxidation sites excluding steroid dienone is 12. The lowest BCUT2D eigenvalue weighted by atomic mass is 10.0. The van der Waals surface area contributed by atoms with Gasteiger partial charge >= 0.3 is 19.8 Å². The average Bonchev–Trinajstić information content (AvgIpc) is 3.33. The van der Waals surface area contributed by atoms with E-state index in [-0.39, 0.29) is 13.0 Å². The van der Waals surface area contributed by atoms with E-state index in [1.54, 1.807) is 0 Å². The zero-order valence-corrected chi connectivity index (χ0v) is 45.0. The highest BCUT2D eigenvalue weighted by Crippen LogP contribution is 2.43. The molecule has 0 amide bonds. The summed E-state index contributed by atoms with van der Waals surface area (Å²) >= 11 is 0. The van der Waals surface area contributed by atoms with Crippen molar-refractivity contribution in [3.8, 4) is 0 Å². The summed E-state index contributed by atoms with van der Waals surface area (Å²) in [6, 6.07) is -1.48. The van der Waals surface area contributed by atoms with Crippen LogP contribution in [0.15, 0.2) is 72.9 Å². The Labute approximate surface area is 423 Å². The van der Waals surface area contributed by atoms with Crippen molar-refractivity contribution in [1.82, 2.24) is 0 Å². The number of carbonyl (C=O) groups is 2. The number of hydrogen-bond acceptors (Lipinski definition) is 8. The molecule has 0 spiro atoms. The van der Waals surface area contributed by atoms with Gasteiger partial charge in [0.2, 0.25) is 0 Å². The lowest BCUT2D eigenvalue weighted by molar-refractivity contribution is -0.154. The molecule has 0 bridgehead atoms. The minimum absolute atomic E-state index is 0.00998. The Balaban J connectivity index is 4.12. The second kappa shape index (κ2) is 53.2. The summed E-state index contributed by atoms with van der Waals surface area (Å²) in [6.45, 7) is 3.78. The molecule has 400 valence electrons. The number of hydrogen-bond donors (Lipinski definition) is 3.